The van der Waals surface area contributed by atoms with Crippen molar-refractivity contribution in [3.8, 4) is 11.5 Å². The molecule has 0 aliphatic heterocycles. The summed E-state index contributed by atoms with van der Waals surface area (Å²) < 4.78 is 11.4. The van der Waals surface area contributed by atoms with Gasteiger partial charge in [-0.2, -0.15) is 0 Å². The number of halogens is 2. The van der Waals surface area contributed by atoms with Crippen molar-refractivity contribution in [2.75, 3.05) is 19.1 Å². The molecule has 5 nitrogen and oxygen atoms in total. The molecule has 28 heavy (non-hydrogen) atoms. The van der Waals surface area contributed by atoms with Crippen LogP contribution >= 0.6 is 27.5 Å². The Bertz CT molecular complexity index is 940. The molecule has 7 heteroatoms. The van der Waals surface area contributed by atoms with Crippen LogP contribution < -0.4 is 14.4 Å². The first-order valence-electron chi connectivity index (χ1n) is 8.42. The van der Waals surface area contributed by atoms with Gasteiger partial charge in [-0.25, -0.2) is 0 Å². The topological polar surface area (TPSA) is 51.7 Å². The standard InChI is InChI=1S/C21H18BrClN2O3/c1-27-18-11-14(12-19(28-2)20(18)22)21(26)25(13-16-5-3-4-10-24-16)17-8-6-15(23)7-9-17/h3-12H,13H2,1-2H3. The number of aromatic nitrogens is 1. The molecular formula is C21H18BrClN2O3. The molecule has 0 saturated carbocycles. The number of nitrogens with zero attached hydrogens (tertiary/aromatic N) is 2. The lowest BCUT2D eigenvalue weighted by atomic mass is 10.1. The Balaban J connectivity index is 2.04. The first-order valence-corrected chi connectivity index (χ1v) is 9.59. The monoisotopic (exact) mass is 460 g/mol. The third kappa shape index (κ3) is 4.46. The summed E-state index contributed by atoms with van der Waals surface area (Å²) in [4.78, 5) is 19.4. The summed E-state index contributed by atoms with van der Waals surface area (Å²) in [7, 11) is 3.08. The van der Waals surface area contributed by atoms with Crippen molar-refractivity contribution in [1.29, 1.82) is 0 Å². The normalized spacial score (nSPS) is 10.4. The quantitative estimate of drug-likeness (QED) is 0.496. The van der Waals surface area contributed by atoms with E-state index >= 15 is 0 Å². The van der Waals surface area contributed by atoms with Crippen molar-refractivity contribution >= 4 is 39.1 Å². The van der Waals surface area contributed by atoms with Crippen molar-refractivity contribution < 1.29 is 14.3 Å². The molecule has 0 unspecified atom stereocenters. The van der Waals surface area contributed by atoms with E-state index in [1.165, 1.54) is 0 Å². The molecule has 1 amide bonds. The number of carbonyl (C=O) groups is 1. The van der Waals surface area contributed by atoms with Crippen molar-refractivity contribution in [2.24, 2.45) is 0 Å². The number of anilines is 1. The highest BCUT2D eigenvalue weighted by Crippen LogP contribution is 2.36. The molecular weight excluding hydrogens is 444 g/mol. The smallest absolute Gasteiger partial charge is 0.258 e. The average molecular weight is 462 g/mol. The fraction of sp³-hybridized carbons (Fsp3) is 0.143. The van der Waals surface area contributed by atoms with Crippen molar-refractivity contribution in [3.05, 3.63) is 81.5 Å². The van der Waals surface area contributed by atoms with Gasteiger partial charge in [0.1, 0.15) is 16.0 Å². The lowest BCUT2D eigenvalue weighted by molar-refractivity contribution is 0.0984. The van der Waals surface area contributed by atoms with Crippen LogP contribution in [0.2, 0.25) is 5.02 Å². The van der Waals surface area contributed by atoms with E-state index in [2.05, 4.69) is 20.9 Å². The highest BCUT2D eigenvalue weighted by Gasteiger charge is 2.22. The van der Waals surface area contributed by atoms with Crippen molar-refractivity contribution in [2.45, 2.75) is 6.54 Å². The van der Waals surface area contributed by atoms with E-state index in [4.69, 9.17) is 21.1 Å². The molecule has 0 N–H and O–H groups in total. The molecule has 0 spiro atoms. The zero-order valence-electron chi connectivity index (χ0n) is 15.4. The van der Waals surface area contributed by atoms with Crippen LogP contribution in [0.3, 0.4) is 0 Å². The minimum absolute atomic E-state index is 0.211. The molecule has 0 saturated heterocycles. The van der Waals surface area contributed by atoms with E-state index < -0.39 is 0 Å². The van der Waals surface area contributed by atoms with E-state index in [0.29, 0.717) is 38.8 Å². The fourth-order valence-electron chi connectivity index (χ4n) is 2.70. The van der Waals surface area contributed by atoms with Gasteiger partial charge < -0.3 is 14.4 Å². The Kier molecular flexibility index (Phi) is 6.54. The summed E-state index contributed by atoms with van der Waals surface area (Å²) in [5, 5.41) is 0.598. The van der Waals surface area contributed by atoms with Gasteiger partial charge in [0, 0.05) is 22.5 Å². The second kappa shape index (κ2) is 9.08. The van der Waals surface area contributed by atoms with Gasteiger partial charge in [0.15, 0.2) is 0 Å². The molecule has 3 aromatic rings. The van der Waals surface area contributed by atoms with Crippen LogP contribution in [0.5, 0.6) is 11.5 Å². The van der Waals surface area contributed by atoms with E-state index in [1.54, 1.807) is 61.7 Å². The Labute approximate surface area is 177 Å². The summed E-state index contributed by atoms with van der Waals surface area (Å²) in [5.74, 6) is 0.810. The number of carbonyl (C=O) groups excluding carboxylic acids is 1. The van der Waals surface area contributed by atoms with Crippen LogP contribution in [0, 0.1) is 0 Å². The molecule has 0 aliphatic rings. The van der Waals surface area contributed by atoms with Gasteiger partial charge >= 0.3 is 0 Å². The second-order valence-corrected chi connectivity index (χ2v) is 7.11. The molecule has 0 aliphatic carbocycles. The van der Waals surface area contributed by atoms with Crippen LogP contribution in [-0.4, -0.2) is 25.1 Å². The van der Waals surface area contributed by atoms with Gasteiger partial charge in [0.25, 0.3) is 5.91 Å². The molecule has 1 aromatic heterocycles. The third-order valence-corrected chi connectivity index (χ3v) is 5.16. The molecule has 0 fully saturated rings. The maximum absolute atomic E-state index is 13.4. The zero-order chi connectivity index (χ0) is 20.1. The summed E-state index contributed by atoms with van der Waals surface area (Å²) in [6, 6.07) is 16.1. The lowest BCUT2D eigenvalue weighted by Gasteiger charge is -2.23. The number of methoxy groups -OCH3 is 2. The molecule has 2 aromatic carbocycles. The molecule has 0 radical (unpaired) electrons. The first-order chi connectivity index (χ1) is 13.5. The van der Waals surface area contributed by atoms with Gasteiger partial charge in [0.2, 0.25) is 0 Å². The Hall–Kier alpha value is -2.57. The summed E-state index contributed by atoms with van der Waals surface area (Å²) in [6.45, 7) is 0.308. The number of ether oxygens (including phenoxy) is 2. The summed E-state index contributed by atoms with van der Waals surface area (Å²) in [6.07, 6.45) is 1.70. The van der Waals surface area contributed by atoms with Gasteiger partial charge in [-0.3, -0.25) is 9.78 Å². The van der Waals surface area contributed by atoms with Crippen molar-refractivity contribution in [3.63, 3.8) is 0 Å². The SMILES string of the molecule is COc1cc(C(=O)N(Cc2ccccn2)c2ccc(Cl)cc2)cc(OC)c1Br. The number of rotatable bonds is 6. The largest absolute Gasteiger partial charge is 0.495 e. The highest BCUT2D eigenvalue weighted by molar-refractivity contribution is 9.10. The molecule has 1 heterocycles. The zero-order valence-corrected chi connectivity index (χ0v) is 17.7. The second-order valence-electron chi connectivity index (χ2n) is 5.88. The Morgan fingerprint density at radius 1 is 1.07 bits per heavy atom. The number of amides is 1. The van der Waals surface area contributed by atoms with Gasteiger partial charge in [-0.05, 0) is 64.5 Å². The van der Waals surface area contributed by atoms with Crippen LogP contribution in [-0.2, 0) is 6.54 Å². The van der Waals surface area contributed by atoms with Crippen LogP contribution in [0.25, 0.3) is 0 Å². The van der Waals surface area contributed by atoms with Crippen LogP contribution in [0.1, 0.15) is 16.1 Å². The maximum Gasteiger partial charge on any atom is 0.258 e. The van der Waals surface area contributed by atoms with E-state index in [1.807, 2.05) is 18.2 Å². The first kappa shape index (κ1) is 20.2. The fourth-order valence-corrected chi connectivity index (χ4v) is 3.38. The number of pyridine rings is 1. The highest BCUT2D eigenvalue weighted by atomic mass is 79.9. The van der Waals surface area contributed by atoms with E-state index in [9.17, 15) is 4.79 Å². The Morgan fingerprint density at radius 2 is 1.71 bits per heavy atom. The van der Waals surface area contributed by atoms with Crippen LogP contribution in [0.4, 0.5) is 5.69 Å². The molecule has 0 atom stereocenters. The minimum atomic E-state index is -0.211. The van der Waals surface area contributed by atoms with Gasteiger partial charge in [-0.1, -0.05) is 17.7 Å². The maximum atomic E-state index is 13.4. The van der Waals surface area contributed by atoms with Gasteiger partial charge in [0.05, 0.1) is 26.5 Å². The number of benzene rings is 2. The van der Waals surface area contributed by atoms with E-state index in [0.717, 1.165) is 5.69 Å². The molecule has 3 rings (SSSR count). The van der Waals surface area contributed by atoms with Crippen LogP contribution in [0.15, 0.2) is 65.3 Å². The van der Waals surface area contributed by atoms with Gasteiger partial charge in [-0.15, -0.1) is 0 Å². The van der Waals surface area contributed by atoms with Crippen molar-refractivity contribution in [1.82, 2.24) is 4.98 Å². The Morgan fingerprint density at radius 3 is 2.25 bits per heavy atom. The number of hydrogen-bond donors (Lipinski definition) is 0. The number of hydrogen-bond acceptors (Lipinski definition) is 4. The lowest BCUT2D eigenvalue weighted by Crippen LogP contribution is -2.30. The van der Waals surface area contributed by atoms with E-state index in [-0.39, 0.29) is 5.91 Å². The minimum Gasteiger partial charge on any atom is -0.495 e. The third-order valence-electron chi connectivity index (χ3n) is 4.12. The predicted octanol–water partition coefficient (Wildman–Crippen LogP) is 5.36. The predicted molar refractivity (Wildman–Crippen MR) is 113 cm³/mol. The molecule has 144 valence electrons. The summed E-state index contributed by atoms with van der Waals surface area (Å²) >= 11 is 9.44. The molecule has 0 bridgehead atoms. The average Bonchev–Trinajstić information content (AvgIpc) is 2.73. The summed E-state index contributed by atoms with van der Waals surface area (Å²) in [5.41, 5.74) is 1.91.